The van der Waals surface area contributed by atoms with Gasteiger partial charge in [0.1, 0.15) is 0 Å². The number of rotatable bonds is 3. The predicted molar refractivity (Wildman–Crippen MR) is 94.4 cm³/mol. The van der Waals surface area contributed by atoms with Gasteiger partial charge in [0.2, 0.25) is 0 Å². The average molecular weight is 374 g/mol. The molecule has 0 spiro atoms. The molecule has 0 saturated heterocycles. The molecule has 2 amide bonds. The quantitative estimate of drug-likeness (QED) is 0.757. The fourth-order valence-electron chi connectivity index (χ4n) is 4.30. The third kappa shape index (κ3) is 2.73. The van der Waals surface area contributed by atoms with E-state index in [1.165, 1.54) is 0 Å². The molecule has 138 valence electrons. The van der Waals surface area contributed by atoms with Gasteiger partial charge in [0.05, 0.1) is 22.5 Å². The molecule has 0 heterocycles. The van der Waals surface area contributed by atoms with Crippen molar-refractivity contribution in [3.05, 3.63) is 29.7 Å². The first-order valence-electron chi connectivity index (χ1n) is 11.5. The van der Waals surface area contributed by atoms with Crippen LogP contribution in [0.3, 0.4) is 0 Å². The molecule has 0 unspecified atom stereocenters. The number of sulfonamides is 1. The molecule has 3 rings (SSSR count). The fraction of sp³-hybridized carbons (Fsp3) is 0.611. The minimum Gasteiger partial charge on any atom is -0.390 e. The topological polar surface area (TPSA) is 95.5 Å². The van der Waals surface area contributed by atoms with Gasteiger partial charge in [-0.05, 0) is 43.1 Å². The van der Waals surface area contributed by atoms with Crippen LogP contribution in [-0.4, -0.2) is 31.7 Å². The zero-order chi connectivity index (χ0) is 24.6. The number of amides is 2. The summed E-state index contributed by atoms with van der Waals surface area (Å²) in [6, 6.07) is -6.12. The summed E-state index contributed by atoms with van der Waals surface area (Å²) in [7, 11) is -4.89. The Balaban J connectivity index is 1.90. The van der Waals surface area contributed by atoms with Crippen LogP contribution in [0.15, 0.2) is 29.1 Å². The molecule has 2 aliphatic rings. The summed E-state index contributed by atoms with van der Waals surface area (Å²) in [6.07, 6.45) is 0.608. The molecule has 1 aromatic rings. The Hall–Kier alpha value is -1.60. The van der Waals surface area contributed by atoms with Crippen LogP contribution >= 0.6 is 0 Å². The maximum Gasteiger partial charge on any atom is 0.329 e. The van der Waals surface area contributed by atoms with Gasteiger partial charge < -0.3 is 10.4 Å². The van der Waals surface area contributed by atoms with E-state index in [-0.39, 0.29) is 11.3 Å². The normalized spacial score (nSPS) is 37.8. The highest BCUT2D eigenvalue weighted by molar-refractivity contribution is 7.90. The van der Waals surface area contributed by atoms with Gasteiger partial charge in [0, 0.05) is 9.53 Å². The maximum absolute atomic E-state index is 12.8. The molecule has 2 saturated carbocycles. The fourth-order valence-corrected chi connectivity index (χ4v) is 5.08. The van der Waals surface area contributed by atoms with E-state index in [0.29, 0.717) is 0 Å². The number of nitrogens with one attached hydrogen (secondary N) is 2. The van der Waals surface area contributed by atoms with Gasteiger partial charge in [-0.1, -0.05) is 38.4 Å². The van der Waals surface area contributed by atoms with Gasteiger partial charge >= 0.3 is 6.03 Å². The molecule has 7 heteroatoms. The number of fused-ring (bicyclic) bond motifs is 2. The molecule has 0 aromatic heterocycles. The van der Waals surface area contributed by atoms with E-state index in [0.717, 1.165) is 12.8 Å². The number of aliphatic hydroxyl groups is 1. The van der Waals surface area contributed by atoms with Crippen LogP contribution < -0.4 is 10.0 Å². The Bertz CT molecular complexity index is 1060. The summed E-state index contributed by atoms with van der Waals surface area (Å²) < 4.78 is 80.9. The summed E-state index contributed by atoms with van der Waals surface area (Å²) in [5.41, 5.74) is -1.66. The van der Waals surface area contributed by atoms with Crippen LogP contribution in [0.1, 0.15) is 48.8 Å². The lowest BCUT2D eigenvalue weighted by molar-refractivity contribution is 0.00193. The third-order valence-corrected chi connectivity index (χ3v) is 7.39. The first-order valence-corrected chi connectivity index (χ1v) is 9.48. The second-order valence-corrected chi connectivity index (χ2v) is 9.16. The second kappa shape index (κ2) is 5.71. The Morgan fingerprint density at radius 1 is 1.32 bits per heavy atom. The molecule has 1 aromatic carbocycles. The summed E-state index contributed by atoms with van der Waals surface area (Å²) in [5.74, 6) is -0.0901. The van der Waals surface area contributed by atoms with E-state index in [4.69, 9.17) is 9.60 Å². The SMILES string of the molecule is [2H]c1c([2H])c(S(=O)(=O)NC(=O)N[C@H]2[C@@H](O)[C@@]3(C)CC[C@@H]2C3(C)C)c([2H])c([2H])c1C([2H])([2H])[2H]. The molecule has 2 fully saturated rings. The molecular weight excluding hydrogens is 340 g/mol. The van der Waals surface area contributed by atoms with Crippen LogP contribution in [0, 0.1) is 23.6 Å². The molecule has 0 radical (unpaired) electrons. The first-order chi connectivity index (χ1) is 14.4. The molecule has 2 aliphatic carbocycles. The van der Waals surface area contributed by atoms with Crippen LogP contribution in [0.5, 0.6) is 0 Å². The number of carbonyl (C=O) groups is 1. The Morgan fingerprint density at radius 3 is 2.48 bits per heavy atom. The molecule has 25 heavy (non-hydrogen) atoms. The number of benzene rings is 1. The van der Waals surface area contributed by atoms with Gasteiger partial charge in [-0.15, -0.1) is 0 Å². The summed E-state index contributed by atoms with van der Waals surface area (Å²) >= 11 is 0. The Morgan fingerprint density at radius 2 is 1.96 bits per heavy atom. The van der Waals surface area contributed by atoms with Gasteiger partial charge in [-0.3, -0.25) is 0 Å². The molecule has 2 bridgehead atoms. The monoisotopic (exact) mass is 373 g/mol. The minimum absolute atomic E-state index is 0.0901. The first kappa shape index (κ1) is 11.2. The van der Waals surface area contributed by atoms with Crippen molar-refractivity contribution in [3.63, 3.8) is 0 Å². The summed E-state index contributed by atoms with van der Waals surface area (Å²) in [6.45, 7) is 2.90. The Kier molecular flexibility index (Phi) is 2.55. The lowest BCUT2D eigenvalue weighted by Crippen LogP contribution is -2.52. The van der Waals surface area contributed by atoms with Crippen molar-refractivity contribution in [2.75, 3.05) is 0 Å². The highest BCUT2D eigenvalue weighted by atomic mass is 32.2. The number of hydrogen-bond donors (Lipinski definition) is 3. The molecule has 0 aliphatic heterocycles. The van der Waals surface area contributed by atoms with E-state index < -0.39 is 75.1 Å². The van der Waals surface area contributed by atoms with Crippen LogP contribution in [0.2, 0.25) is 0 Å². The lowest BCUT2D eigenvalue weighted by atomic mass is 9.70. The van der Waals surface area contributed by atoms with Crippen molar-refractivity contribution in [1.29, 1.82) is 0 Å². The van der Waals surface area contributed by atoms with E-state index in [1.54, 1.807) is 4.72 Å². The van der Waals surface area contributed by atoms with Gasteiger partial charge in [-0.25, -0.2) is 17.9 Å². The predicted octanol–water partition coefficient (Wildman–Crippen LogP) is 2.17. The molecule has 6 nitrogen and oxygen atoms in total. The molecule has 4 atom stereocenters. The van der Waals surface area contributed by atoms with Crippen molar-refractivity contribution in [3.8, 4) is 0 Å². The van der Waals surface area contributed by atoms with Crippen molar-refractivity contribution in [1.82, 2.24) is 10.0 Å². The van der Waals surface area contributed by atoms with E-state index in [1.807, 2.05) is 20.8 Å². The molecule has 3 N–H and O–H groups in total. The molecular formula is C18H26N2O4S. The zero-order valence-electron chi connectivity index (χ0n) is 21.2. The van der Waals surface area contributed by atoms with Crippen molar-refractivity contribution < 1.29 is 27.9 Å². The van der Waals surface area contributed by atoms with Crippen molar-refractivity contribution in [2.24, 2.45) is 16.7 Å². The zero-order valence-corrected chi connectivity index (χ0v) is 15.0. The second-order valence-electron chi connectivity index (χ2n) is 7.54. The number of aliphatic hydroxyl groups excluding tert-OH is 1. The highest BCUT2D eigenvalue weighted by Gasteiger charge is 2.66. The minimum atomic E-state index is -4.89. The number of hydrogen-bond acceptors (Lipinski definition) is 4. The largest absolute Gasteiger partial charge is 0.390 e. The van der Waals surface area contributed by atoms with Gasteiger partial charge in [0.15, 0.2) is 0 Å². The third-order valence-electron chi connectivity index (χ3n) is 6.20. The van der Waals surface area contributed by atoms with E-state index >= 15 is 0 Å². The standard InChI is InChI=1S/C18H26N2O4S/c1-11-5-7-12(8-6-11)25(23,24)20-16(22)19-14-13-9-10-18(4,15(14)21)17(13,2)3/h5-8,13-15,21H,9-10H2,1-4H3,(H2,19,20,22)/t13-,14+,15+,18+/m0/s1/i1D3,5D,6D,7D,8D. The van der Waals surface area contributed by atoms with Crippen LogP contribution in [0.25, 0.3) is 0 Å². The highest BCUT2D eigenvalue weighted by Crippen LogP contribution is 2.65. The van der Waals surface area contributed by atoms with E-state index in [2.05, 4.69) is 5.32 Å². The summed E-state index contributed by atoms with van der Waals surface area (Å²) in [5, 5.41) is 13.2. The lowest BCUT2D eigenvalue weighted by Gasteiger charge is -2.37. The van der Waals surface area contributed by atoms with Crippen molar-refractivity contribution >= 4 is 16.1 Å². The van der Waals surface area contributed by atoms with E-state index in [9.17, 15) is 18.3 Å². The van der Waals surface area contributed by atoms with Crippen LogP contribution in [0.4, 0.5) is 4.79 Å². The van der Waals surface area contributed by atoms with Crippen molar-refractivity contribution in [2.45, 2.75) is 57.5 Å². The Labute approximate surface area is 158 Å². The maximum atomic E-state index is 12.8. The number of carbonyl (C=O) groups excluding carboxylic acids is 1. The van der Waals surface area contributed by atoms with Gasteiger partial charge in [0.25, 0.3) is 10.0 Å². The number of urea groups is 1. The average Bonchev–Trinajstić information content (AvgIpc) is 2.92. The van der Waals surface area contributed by atoms with Crippen LogP contribution in [-0.2, 0) is 10.0 Å². The van der Waals surface area contributed by atoms with Gasteiger partial charge in [-0.2, -0.15) is 0 Å². The summed E-state index contributed by atoms with van der Waals surface area (Å²) in [4.78, 5) is 11.4. The smallest absolute Gasteiger partial charge is 0.329 e.